The first-order valence-electron chi connectivity index (χ1n) is 11.3. The Kier molecular flexibility index (Phi) is 8.06. The summed E-state index contributed by atoms with van der Waals surface area (Å²) in [5.41, 5.74) is 0.970. The fourth-order valence-corrected chi connectivity index (χ4v) is 6.88. The van der Waals surface area contributed by atoms with Gasteiger partial charge in [-0.2, -0.15) is 9.30 Å². The van der Waals surface area contributed by atoms with E-state index in [1.165, 1.54) is 44.8 Å². The van der Waals surface area contributed by atoms with E-state index in [9.17, 15) is 18.0 Å². The zero-order valence-electron chi connectivity index (χ0n) is 19.6. The molecule has 3 aromatic rings. The van der Waals surface area contributed by atoms with Crippen molar-refractivity contribution in [2.75, 3.05) is 32.8 Å². The Morgan fingerprint density at radius 1 is 1.03 bits per heavy atom. The fourth-order valence-electron chi connectivity index (χ4n) is 3.88. The van der Waals surface area contributed by atoms with E-state index in [-0.39, 0.29) is 43.2 Å². The van der Waals surface area contributed by atoms with Crippen molar-refractivity contribution in [3.8, 4) is 0 Å². The molecular weight excluding hydrogens is 547 g/mol. The number of halogens is 2. The third-order valence-electron chi connectivity index (χ3n) is 5.75. The van der Waals surface area contributed by atoms with Crippen LogP contribution in [0.4, 0.5) is 4.79 Å². The topological polar surface area (TPSA) is 101 Å². The van der Waals surface area contributed by atoms with Crippen LogP contribution in [0, 0.1) is 0 Å². The van der Waals surface area contributed by atoms with Crippen LogP contribution in [-0.2, 0) is 21.3 Å². The molecule has 0 aliphatic carbocycles. The molecule has 9 nitrogen and oxygen atoms in total. The zero-order valence-corrected chi connectivity index (χ0v) is 22.8. The summed E-state index contributed by atoms with van der Waals surface area (Å²) in [6, 6.07) is 9.21. The van der Waals surface area contributed by atoms with Gasteiger partial charge in [0.25, 0.3) is 5.91 Å². The van der Waals surface area contributed by atoms with Gasteiger partial charge in [0, 0.05) is 38.3 Å². The number of nitrogens with zero attached hydrogens (tertiary/aromatic N) is 4. The molecule has 0 spiro atoms. The Balaban J connectivity index is 1.54. The van der Waals surface area contributed by atoms with Crippen molar-refractivity contribution in [1.29, 1.82) is 0 Å². The number of aromatic nitrogens is 1. The number of thiazole rings is 1. The lowest BCUT2D eigenvalue weighted by Gasteiger charge is -2.33. The highest BCUT2D eigenvalue weighted by Crippen LogP contribution is 2.32. The predicted octanol–water partition coefficient (Wildman–Crippen LogP) is 4.23. The Morgan fingerprint density at radius 3 is 2.31 bits per heavy atom. The van der Waals surface area contributed by atoms with Crippen LogP contribution in [0.2, 0.25) is 10.0 Å². The Bertz CT molecular complexity index is 1470. The Hall–Kier alpha value is -2.44. The van der Waals surface area contributed by atoms with E-state index in [4.69, 9.17) is 27.9 Å². The first-order valence-corrected chi connectivity index (χ1v) is 14.3. The summed E-state index contributed by atoms with van der Waals surface area (Å²) in [4.78, 5) is 31.0. The zero-order chi connectivity index (χ0) is 26.0. The number of ether oxygens (including phenoxy) is 1. The first kappa shape index (κ1) is 26.6. The van der Waals surface area contributed by atoms with Crippen molar-refractivity contribution >= 4 is 66.8 Å². The fraction of sp³-hybridized carbons (Fsp3) is 0.348. The maximum atomic E-state index is 13.1. The molecular formula is C23H24Cl2N4O5S2. The van der Waals surface area contributed by atoms with E-state index in [1.54, 1.807) is 13.0 Å². The minimum Gasteiger partial charge on any atom is -0.450 e. The monoisotopic (exact) mass is 570 g/mol. The summed E-state index contributed by atoms with van der Waals surface area (Å²) in [5, 5.41) is 0.819. The standard InChI is InChI=1S/C23H24Cl2N4O5S2/c1-3-29-20-18(10-9-17(24)19(20)25)35-22(29)26-21(30)15-5-7-16(8-6-15)36(32,33)28-13-11-27(12-14-28)23(31)34-4-2/h5-10H,3-4,11-14H2,1-2H3. The second-order valence-electron chi connectivity index (χ2n) is 7.87. The molecule has 13 heteroatoms. The molecule has 36 heavy (non-hydrogen) atoms. The third kappa shape index (κ3) is 5.16. The lowest BCUT2D eigenvalue weighted by molar-refractivity contribution is 0.0933. The number of hydrogen-bond acceptors (Lipinski definition) is 6. The van der Waals surface area contributed by atoms with Gasteiger partial charge in [-0.25, -0.2) is 13.2 Å². The van der Waals surface area contributed by atoms with Crippen LogP contribution in [0.25, 0.3) is 10.2 Å². The number of piperazine rings is 1. The number of carbonyl (C=O) groups is 2. The van der Waals surface area contributed by atoms with Gasteiger partial charge in [0.2, 0.25) is 10.0 Å². The van der Waals surface area contributed by atoms with Crippen molar-refractivity contribution in [2.45, 2.75) is 25.3 Å². The van der Waals surface area contributed by atoms with Gasteiger partial charge < -0.3 is 14.2 Å². The highest BCUT2D eigenvalue weighted by atomic mass is 35.5. The molecule has 2 aromatic carbocycles. The van der Waals surface area contributed by atoms with E-state index in [2.05, 4.69) is 4.99 Å². The van der Waals surface area contributed by atoms with Crippen LogP contribution in [0.1, 0.15) is 24.2 Å². The van der Waals surface area contributed by atoms with Gasteiger partial charge >= 0.3 is 6.09 Å². The first-order chi connectivity index (χ1) is 17.2. The van der Waals surface area contributed by atoms with E-state index < -0.39 is 22.0 Å². The quantitative estimate of drug-likeness (QED) is 0.456. The molecule has 4 rings (SSSR count). The number of hydrogen-bond donors (Lipinski definition) is 0. The molecule has 1 aliphatic rings. The van der Waals surface area contributed by atoms with Crippen molar-refractivity contribution in [3.05, 3.63) is 56.8 Å². The Morgan fingerprint density at radius 2 is 1.69 bits per heavy atom. The van der Waals surface area contributed by atoms with Crippen LogP contribution in [-0.4, -0.2) is 67.0 Å². The molecule has 1 fully saturated rings. The summed E-state index contributed by atoms with van der Waals surface area (Å²) in [6.45, 7) is 5.24. The molecule has 2 amide bonds. The molecule has 0 unspecified atom stereocenters. The number of carbonyl (C=O) groups excluding carboxylic acids is 2. The second kappa shape index (κ2) is 10.9. The average Bonchev–Trinajstić information content (AvgIpc) is 3.24. The smallest absolute Gasteiger partial charge is 0.409 e. The lowest BCUT2D eigenvalue weighted by Crippen LogP contribution is -2.50. The van der Waals surface area contributed by atoms with Gasteiger partial charge in [0.05, 0.1) is 31.8 Å². The van der Waals surface area contributed by atoms with Crippen molar-refractivity contribution in [1.82, 2.24) is 13.8 Å². The van der Waals surface area contributed by atoms with Gasteiger partial charge in [-0.1, -0.05) is 34.5 Å². The summed E-state index contributed by atoms with van der Waals surface area (Å²) in [5.74, 6) is -0.502. The lowest BCUT2D eigenvalue weighted by atomic mass is 10.2. The normalized spacial score (nSPS) is 15.4. The van der Waals surface area contributed by atoms with E-state index in [0.717, 1.165) is 4.70 Å². The number of amides is 2. The minimum absolute atomic E-state index is 0.0653. The number of rotatable bonds is 5. The number of fused-ring (bicyclic) bond motifs is 1. The SMILES string of the molecule is CCOC(=O)N1CCN(S(=O)(=O)c2ccc(C(=O)N=c3sc4ccc(Cl)c(Cl)c4n3CC)cc2)CC1. The van der Waals surface area contributed by atoms with Gasteiger partial charge in [-0.3, -0.25) is 4.79 Å². The molecule has 2 heterocycles. The molecule has 0 radical (unpaired) electrons. The highest BCUT2D eigenvalue weighted by Gasteiger charge is 2.30. The summed E-state index contributed by atoms with van der Waals surface area (Å²) in [7, 11) is -3.78. The minimum atomic E-state index is -3.78. The largest absolute Gasteiger partial charge is 0.450 e. The summed E-state index contributed by atoms with van der Waals surface area (Å²) < 4.78 is 35.1. The predicted molar refractivity (Wildman–Crippen MR) is 139 cm³/mol. The second-order valence-corrected chi connectivity index (χ2v) is 11.6. The Labute approximate surface area is 222 Å². The molecule has 0 N–H and O–H groups in total. The maximum Gasteiger partial charge on any atom is 0.409 e. The van der Waals surface area contributed by atoms with Crippen molar-refractivity contribution in [2.24, 2.45) is 4.99 Å². The van der Waals surface area contributed by atoms with Gasteiger partial charge in [-0.05, 0) is 50.2 Å². The van der Waals surface area contributed by atoms with Crippen LogP contribution in [0.5, 0.6) is 0 Å². The van der Waals surface area contributed by atoms with Crippen molar-refractivity contribution < 1.29 is 22.7 Å². The molecule has 0 atom stereocenters. The molecule has 192 valence electrons. The van der Waals surface area contributed by atoms with Gasteiger partial charge in [0.1, 0.15) is 0 Å². The van der Waals surface area contributed by atoms with Gasteiger partial charge in [0.15, 0.2) is 4.80 Å². The van der Waals surface area contributed by atoms with E-state index in [0.29, 0.717) is 26.9 Å². The number of aryl methyl sites for hydroxylation is 1. The van der Waals surface area contributed by atoms with Gasteiger partial charge in [-0.15, -0.1) is 0 Å². The third-order valence-corrected chi connectivity index (χ3v) is 9.50. The van der Waals surface area contributed by atoms with Crippen LogP contribution in [0.15, 0.2) is 46.3 Å². The van der Waals surface area contributed by atoms with Crippen LogP contribution < -0.4 is 4.80 Å². The van der Waals surface area contributed by atoms with E-state index in [1.807, 2.05) is 17.6 Å². The number of sulfonamides is 1. The summed E-state index contributed by atoms with van der Waals surface area (Å²) >= 11 is 13.9. The van der Waals surface area contributed by atoms with Crippen molar-refractivity contribution in [3.63, 3.8) is 0 Å². The molecule has 1 aromatic heterocycles. The number of benzene rings is 2. The summed E-state index contributed by atoms with van der Waals surface area (Å²) in [6.07, 6.45) is -0.449. The maximum absolute atomic E-state index is 13.1. The average molecular weight is 572 g/mol. The highest BCUT2D eigenvalue weighted by molar-refractivity contribution is 7.89. The molecule has 1 saturated heterocycles. The van der Waals surface area contributed by atoms with E-state index >= 15 is 0 Å². The molecule has 0 saturated carbocycles. The molecule has 1 aliphatic heterocycles. The van der Waals surface area contributed by atoms with Crippen LogP contribution in [0.3, 0.4) is 0 Å². The molecule has 0 bridgehead atoms. The van der Waals surface area contributed by atoms with Crippen LogP contribution >= 0.6 is 34.5 Å².